The first-order valence-electron chi connectivity index (χ1n) is 6.65. The van der Waals surface area contributed by atoms with Crippen molar-refractivity contribution in [3.05, 3.63) is 83.3 Å². The first-order valence-corrected chi connectivity index (χ1v) is 7.44. The maximum atomic E-state index is 4.39. The van der Waals surface area contributed by atoms with Crippen LogP contribution in [0.5, 0.6) is 0 Å². The quantitative estimate of drug-likeness (QED) is 0.485. The van der Waals surface area contributed by atoms with Crippen LogP contribution in [0.3, 0.4) is 0 Å². The molecule has 3 aromatic carbocycles. The summed E-state index contributed by atoms with van der Waals surface area (Å²) in [5.41, 5.74) is 3.91. The third-order valence-corrected chi connectivity index (χ3v) is 3.62. The van der Waals surface area contributed by atoms with Gasteiger partial charge in [-0.25, -0.2) is 0 Å². The Bertz CT molecular complexity index is 750. The Balaban J connectivity index is 1.96. The minimum Gasteiger partial charge on any atom is -0.151 e. The van der Waals surface area contributed by atoms with E-state index in [4.69, 9.17) is 0 Å². The van der Waals surface area contributed by atoms with Crippen molar-refractivity contribution in [1.82, 2.24) is 0 Å². The molecule has 0 saturated heterocycles. The lowest BCUT2D eigenvalue weighted by atomic mass is 10.0. The monoisotopic (exact) mass is 336 g/mol. The van der Waals surface area contributed by atoms with Crippen molar-refractivity contribution in [2.45, 2.75) is 0 Å². The molecule has 0 amide bonds. The molecule has 3 heteroatoms. The van der Waals surface area contributed by atoms with Gasteiger partial charge in [0, 0.05) is 10.0 Å². The minimum atomic E-state index is 0.850. The number of rotatable bonds is 3. The van der Waals surface area contributed by atoms with E-state index in [1.165, 1.54) is 0 Å². The van der Waals surface area contributed by atoms with Crippen molar-refractivity contribution in [2.75, 3.05) is 0 Å². The maximum absolute atomic E-state index is 4.39. The van der Waals surface area contributed by atoms with Gasteiger partial charge in [-0.3, -0.25) is 0 Å². The molecule has 0 spiro atoms. The highest BCUT2D eigenvalue weighted by molar-refractivity contribution is 9.10. The summed E-state index contributed by atoms with van der Waals surface area (Å²) >= 11 is 3.46. The largest absolute Gasteiger partial charge is 0.151 e. The molecular weight excluding hydrogens is 324 g/mol. The van der Waals surface area contributed by atoms with Gasteiger partial charge in [0.2, 0.25) is 0 Å². The minimum absolute atomic E-state index is 0.850. The van der Waals surface area contributed by atoms with E-state index < -0.39 is 0 Å². The molecule has 0 radical (unpaired) electrons. The molecular formula is C18H13BrN2. The lowest BCUT2D eigenvalue weighted by molar-refractivity contribution is 1.23. The topological polar surface area (TPSA) is 24.7 Å². The lowest BCUT2D eigenvalue weighted by Gasteiger charge is -2.05. The number of benzene rings is 3. The summed E-state index contributed by atoms with van der Waals surface area (Å²) in [5.74, 6) is 0. The second kappa shape index (κ2) is 6.46. The molecule has 21 heavy (non-hydrogen) atoms. The van der Waals surface area contributed by atoms with Gasteiger partial charge in [-0.1, -0.05) is 64.5 Å². The van der Waals surface area contributed by atoms with Crippen LogP contribution in [-0.4, -0.2) is 0 Å². The van der Waals surface area contributed by atoms with Gasteiger partial charge in [0.25, 0.3) is 0 Å². The number of hydrogen-bond acceptors (Lipinski definition) is 2. The van der Waals surface area contributed by atoms with E-state index in [-0.39, 0.29) is 0 Å². The van der Waals surface area contributed by atoms with Crippen molar-refractivity contribution in [3.63, 3.8) is 0 Å². The van der Waals surface area contributed by atoms with Crippen LogP contribution in [0.4, 0.5) is 11.4 Å². The van der Waals surface area contributed by atoms with E-state index in [0.29, 0.717) is 0 Å². The number of halogens is 1. The van der Waals surface area contributed by atoms with Gasteiger partial charge in [-0.05, 0) is 35.9 Å². The Morgan fingerprint density at radius 1 is 0.619 bits per heavy atom. The number of hydrogen-bond donors (Lipinski definition) is 0. The van der Waals surface area contributed by atoms with Gasteiger partial charge in [-0.2, -0.15) is 5.11 Å². The fraction of sp³-hybridized carbons (Fsp3) is 0. The molecule has 0 atom stereocenters. The zero-order valence-electron chi connectivity index (χ0n) is 11.3. The van der Waals surface area contributed by atoms with Gasteiger partial charge in [0.15, 0.2) is 0 Å². The van der Waals surface area contributed by atoms with Crippen LogP contribution in [-0.2, 0) is 0 Å². The summed E-state index contributed by atoms with van der Waals surface area (Å²) in [6.07, 6.45) is 0. The van der Waals surface area contributed by atoms with Gasteiger partial charge >= 0.3 is 0 Å². The van der Waals surface area contributed by atoms with Crippen molar-refractivity contribution in [2.24, 2.45) is 10.2 Å². The number of nitrogens with zero attached hydrogens (tertiary/aromatic N) is 2. The Morgan fingerprint density at radius 3 is 2.05 bits per heavy atom. The normalized spacial score (nSPS) is 10.9. The predicted octanol–water partition coefficient (Wildman–Crippen LogP) is 6.53. The Morgan fingerprint density at radius 2 is 1.29 bits per heavy atom. The van der Waals surface area contributed by atoms with Crippen LogP contribution in [0.2, 0.25) is 0 Å². The molecule has 0 aliphatic heterocycles. The summed E-state index contributed by atoms with van der Waals surface area (Å²) in [6.45, 7) is 0. The van der Waals surface area contributed by atoms with Crippen LogP contribution < -0.4 is 0 Å². The molecule has 0 unspecified atom stereocenters. The van der Waals surface area contributed by atoms with Gasteiger partial charge in [-0.15, -0.1) is 5.11 Å². The third kappa shape index (κ3) is 3.44. The summed E-state index contributed by atoms with van der Waals surface area (Å²) in [7, 11) is 0. The first-order chi connectivity index (χ1) is 10.3. The van der Waals surface area contributed by atoms with E-state index in [1.54, 1.807) is 0 Å². The smallest absolute Gasteiger partial charge is 0.0935 e. The molecule has 3 aromatic rings. The van der Waals surface area contributed by atoms with Gasteiger partial charge < -0.3 is 0 Å². The van der Waals surface area contributed by atoms with Crippen LogP contribution in [0, 0.1) is 0 Å². The molecule has 0 heterocycles. The molecule has 0 N–H and O–H groups in total. The fourth-order valence-corrected chi connectivity index (χ4v) is 2.30. The molecule has 0 bridgehead atoms. The SMILES string of the molecule is Brc1ccc(-c2ccccc2N=Nc2ccccc2)cc1. The van der Waals surface area contributed by atoms with E-state index in [0.717, 1.165) is 27.0 Å². The van der Waals surface area contributed by atoms with Crippen molar-refractivity contribution < 1.29 is 0 Å². The maximum Gasteiger partial charge on any atom is 0.0935 e. The molecule has 0 aliphatic rings. The zero-order valence-corrected chi connectivity index (χ0v) is 12.9. The Hall–Kier alpha value is -2.26. The average molecular weight is 337 g/mol. The van der Waals surface area contributed by atoms with Crippen molar-refractivity contribution in [3.8, 4) is 11.1 Å². The zero-order chi connectivity index (χ0) is 14.5. The summed E-state index contributed by atoms with van der Waals surface area (Å²) in [6, 6.07) is 26.0. The van der Waals surface area contributed by atoms with Gasteiger partial charge in [0.1, 0.15) is 0 Å². The molecule has 0 fully saturated rings. The van der Waals surface area contributed by atoms with E-state index in [2.05, 4.69) is 44.4 Å². The van der Waals surface area contributed by atoms with Crippen LogP contribution in [0.25, 0.3) is 11.1 Å². The molecule has 102 valence electrons. The van der Waals surface area contributed by atoms with Crippen LogP contribution >= 0.6 is 15.9 Å². The summed E-state index contributed by atoms with van der Waals surface area (Å²) in [4.78, 5) is 0. The van der Waals surface area contributed by atoms with E-state index in [9.17, 15) is 0 Å². The molecule has 0 aromatic heterocycles. The highest BCUT2D eigenvalue weighted by Gasteiger charge is 2.03. The average Bonchev–Trinajstić information content (AvgIpc) is 2.55. The highest BCUT2D eigenvalue weighted by Crippen LogP contribution is 2.31. The Labute approximate surface area is 132 Å². The lowest BCUT2D eigenvalue weighted by Crippen LogP contribution is -1.78. The number of azo groups is 1. The Kier molecular flexibility index (Phi) is 4.22. The highest BCUT2D eigenvalue weighted by atomic mass is 79.9. The standard InChI is InChI=1S/C18H13BrN2/c19-15-12-10-14(11-13-15)17-8-4-5-9-18(17)21-20-16-6-2-1-3-7-16/h1-13H. The first kappa shape index (κ1) is 13.7. The fourth-order valence-electron chi connectivity index (χ4n) is 2.04. The van der Waals surface area contributed by atoms with E-state index >= 15 is 0 Å². The summed E-state index contributed by atoms with van der Waals surface area (Å²) in [5, 5.41) is 8.68. The second-order valence-corrected chi connectivity index (χ2v) is 5.48. The molecule has 0 aliphatic carbocycles. The third-order valence-electron chi connectivity index (χ3n) is 3.09. The summed E-state index contributed by atoms with van der Waals surface area (Å²) < 4.78 is 1.06. The van der Waals surface area contributed by atoms with Crippen molar-refractivity contribution in [1.29, 1.82) is 0 Å². The predicted molar refractivity (Wildman–Crippen MR) is 90.2 cm³/mol. The van der Waals surface area contributed by atoms with Gasteiger partial charge in [0.05, 0.1) is 11.4 Å². The molecule has 0 saturated carbocycles. The second-order valence-electron chi connectivity index (χ2n) is 4.56. The molecule has 3 rings (SSSR count). The van der Waals surface area contributed by atoms with E-state index in [1.807, 2.05) is 60.7 Å². The van der Waals surface area contributed by atoms with Crippen LogP contribution in [0.1, 0.15) is 0 Å². The van der Waals surface area contributed by atoms with Crippen LogP contribution in [0.15, 0.2) is 93.6 Å². The molecule has 2 nitrogen and oxygen atoms in total. The van der Waals surface area contributed by atoms with Crippen molar-refractivity contribution >= 4 is 27.3 Å².